The van der Waals surface area contributed by atoms with E-state index < -0.39 is 0 Å². The first kappa shape index (κ1) is 13.6. The van der Waals surface area contributed by atoms with Gasteiger partial charge in [-0.05, 0) is 0 Å². The Morgan fingerprint density at radius 3 is 2.11 bits per heavy atom. The fourth-order valence-electron chi connectivity index (χ4n) is 2.26. The summed E-state index contributed by atoms with van der Waals surface area (Å²) in [5.74, 6) is -0.140. The number of imide groups is 1. The molecule has 1 aromatic heterocycles. The number of carbonyl (C=O) groups is 2. The van der Waals surface area contributed by atoms with Gasteiger partial charge in [0.1, 0.15) is 0 Å². The first-order valence-electron chi connectivity index (χ1n) is 6.68. The van der Waals surface area contributed by atoms with E-state index in [-0.39, 0.29) is 26.3 Å². The fourth-order valence-corrected chi connectivity index (χ4v) is 3.93. The van der Waals surface area contributed by atoms with Gasteiger partial charge in [0.15, 0.2) is 0 Å². The van der Waals surface area contributed by atoms with Gasteiger partial charge in [-0.1, -0.05) is 0 Å². The van der Waals surface area contributed by atoms with Crippen molar-refractivity contribution in [2.75, 3.05) is 6.54 Å². The summed E-state index contributed by atoms with van der Waals surface area (Å²) < 4.78 is 0. The number of hydrogen-bond acceptors (Lipinski definition) is 2. The minimum atomic E-state index is -0.0702. The molecule has 0 saturated carbocycles. The van der Waals surface area contributed by atoms with Crippen molar-refractivity contribution in [1.82, 2.24) is 4.90 Å². The van der Waals surface area contributed by atoms with Crippen molar-refractivity contribution in [3.63, 3.8) is 0 Å². The summed E-state index contributed by atoms with van der Waals surface area (Å²) in [6.07, 6.45) is 7.04. The molecule has 0 spiro atoms. The van der Waals surface area contributed by atoms with Crippen LogP contribution >= 0.6 is 0 Å². The molecule has 1 aliphatic heterocycles. The molecule has 0 fully saturated rings. The standard InChI is InChI=1S/C14H19NO2Se/c1-2-3-4-5-6-7-8-15-13(16)11-9-18-10-12(11)14(15)17/h9-10H,2-8H2,1H3. The van der Waals surface area contributed by atoms with E-state index >= 15 is 0 Å². The number of fused-ring (bicyclic) bond motifs is 1. The van der Waals surface area contributed by atoms with Crippen molar-refractivity contribution in [3.8, 4) is 0 Å². The van der Waals surface area contributed by atoms with Crippen molar-refractivity contribution < 1.29 is 9.59 Å². The van der Waals surface area contributed by atoms with Crippen LogP contribution in [0.5, 0.6) is 0 Å². The molecule has 0 unspecified atom stereocenters. The fraction of sp³-hybridized carbons (Fsp3) is 0.571. The molecule has 98 valence electrons. The molecule has 18 heavy (non-hydrogen) atoms. The Morgan fingerprint density at radius 2 is 1.50 bits per heavy atom. The predicted molar refractivity (Wildman–Crippen MR) is 72.1 cm³/mol. The molecule has 2 amide bonds. The first-order chi connectivity index (χ1) is 8.75. The van der Waals surface area contributed by atoms with E-state index in [1.54, 1.807) is 0 Å². The predicted octanol–water partition coefficient (Wildman–Crippen LogP) is 2.70. The molecule has 2 heterocycles. The van der Waals surface area contributed by atoms with E-state index in [9.17, 15) is 9.59 Å². The molecule has 0 saturated heterocycles. The Kier molecular flexibility index (Phi) is 4.79. The van der Waals surface area contributed by atoms with Crippen molar-refractivity contribution in [1.29, 1.82) is 0 Å². The van der Waals surface area contributed by atoms with E-state index in [1.807, 2.05) is 9.88 Å². The SMILES string of the molecule is CCCCCCCCN1C(=O)c2c[se]cc2C1=O. The van der Waals surface area contributed by atoms with E-state index in [0.29, 0.717) is 17.7 Å². The molecule has 4 heteroatoms. The van der Waals surface area contributed by atoms with Gasteiger partial charge in [-0.15, -0.1) is 0 Å². The second-order valence-corrected chi connectivity index (χ2v) is 6.29. The van der Waals surface area contributed by atoms with Crippen LogP contribution < -0.4 is 0 Å². The summed E-state index contributed by atoms with van der Waals surface area (Å²) >= 11 is 0.211. The third-order valence-electron chi connectivity index (χ3n) is 3.35. The summed E-state index contributed by atoms with van der Waals surface area (Å²) in [5, 5.41) is 0. The Balaban J connectivity index is 1.77. The number of nitrogens with zero attached hydrogens (tertiary/aromatic N) is 1. The molecular formula is C14H19NO2Se. The van der Waals surface area contributed by atoms with E-state index in [1.165, 1.54) is 30.6 Å². The molecule has 3 nitrogen and oxygen atoms in total. The van der Waals surface area contributed by atoms with Gasteiger partial charge >= 0.3 is 114 Å². The average molecular weight is 312 g/mol. The minimum absolute atomic E-state index is 0.0702. The maximum absolute atomic E-state index is 12.0. The molecule has 1 aliphatic rings. The van der Waals surface area contributed by atoms with Crippen LogP contribution in [0.25, 0.3) is 0 Å². The summed E-state index contributed by atoms with van der Waals surface area (Å²) in [6, 6.07) is 0. The summed E-state index contributed by atoms with van der Waals surface area (Å²) in [7, 11) is 0. The topological polar surface area (TPSA) is 37.4 Å². The van der Waals surface area contributed by atoms with Crippen molar-refractivity contribution in [2.45, 2.75) is 45.4 Å². The number of hydrogen-bond donors (Lipinski definition) is 0. The van der Waals surface area contributed by atoms with E-state index in [2.05, 4.69) is 6.92 Å². The van der Waals surface area contributed by atoms with Crippen LogP contribution in [0.3, 0.4) is 0 Å². The van der Waals surface area contributed by atoms with Gasteiger partial charge in [0.25, 0.3) is 0 Å². The number of amides is 2. The Hall–Kier alpha value is -0.861. The second-order valence-electron chi connectivity index (χ2n) is 4.73. The van der Waals surface area contributed by atoms with E-state index in [4.69, 9.17) is 0 Å². The molecule has 0 atom stereocenters. The molecule has 1 aromatic rings. The molecule has 0 aromatic carbocycles. The van der Waals surface area contributed by atoms with Crippen LogP contribution in [0, 0.1) is 0 Å². The second kappa shape index (κ2) is 6.35. The average Bonchev–Trinajstić information content (AvgIpc) is 2.92. The quantitative estimate of drug-likeness (QED) is 0.441. The van der Waals surface area contributed by atoms with Crippen molar-refractivity contribution in [3.05, 3.63) is 21.0 Å². The van der Waals surface area contributed by atoms with Gasteiger partial charge in [-0.3, -0.25) is 0 Å². The maximum atomic E-state index is 12.0. The number of carbonyl (C=O) groups excluding carboxylic acids is 2. The Morgan fingerprint density at radius 1 is 0.944 bits per heavy atom. The third kappa shape index (κ3) is 2.76. The summed E-state index contributed by atoms with van der Waals surface area (Å²) in [5.41, 5.74) is 1.32. The Labute approximate surface area is 114 Å². The summed E-state index contributed by atoms with van der Waals surface area (Å²) in [6.45, 7) is 2.79. The van der Waals surface area contributed by atoms with Crippen LogP contribution in [0.1, 0.15) is 66.2 Å². The number of rotatable bonds is 7. The molecule has 2 rings (SSSR count). The third-order valence-corrected chi connectivity index (χ3v) is 4.91. The Bertz CT molecular complexity index is 408. The molecule has 0 aliphatic carbocycles. The van der Waals surface area contributed by atoms with Crippen LogP contribution in [-0.4, -0.2) is 37.8 Å². The van der Waals surface area contributed by atoms with Crippen LogP contribution in [0.2, 0.25) is 0 Å². The number of unbranched alkanes of at least 4 members (excludes halogenated alkanes) is 5. The van der Waals surface area contributed by atoms with Gasteiger partial charge in [-0.2, -0.15) is 0 Å². The first-order valence-corrected chi connectivity index (χ1v) is 8.66. The van der Waals surface area contributed by atoms with Gasteiger partial charge in [0.2, 0.25) is 0 Å². The summed E-state index contributed by atoms with van der Waals surface area (Å²) in [4.78, 5) is 29.2. The van der Waals surface area contributed by atoms with Crippen molar-refractivity contribution in [2.24, 2.45) is 0 Å². The zero-order valence-electron chi connectivity index (χ0n) is 10.8. The monoisotopic (exact) mass is 313 g/mol. The van der Waals surface area contributed by atoms with Crippen LogP contribution in [-0.2, 0) is 0 Å². The van der Waals surface area contributed by atoms with E-state index in [0.717, 1.165) is 12.8 Å². The molecule has 0 N–H and O–H groups in total. The normalized spacial score (nSPS) is 14.4. The zero-order valence-corrected chi connectivity index (χ0v) is 12.5. The van der Waals surface area contributed by atoms with Gasteiger partial charge < -0.3 is 0 Å². The molecule has 0 bridgehead atoms. The molecular weight excluding hydrogens is 293 g/mol. The van der Waals surface area contributed by atoms with Gasteiger partial charge in [0.05, 0.1) is 0 Å². The van der Waals surface area contributed by atoms with Crippen LogP contribution in [0.4, 0.5) is 0 Å². The zero-order chi connectivity index (χ0) is 13.0. The van der Waals surface area contributed by atoms with Crippen molar-refractivity contribution >= 4 is 26.3 Å². The molecule has 0 radical (unpaired) electrons. The van der Waals surface area contributed by atoms with Crippen LogP contribution in [0.15, 0.2) is 9.88 Å². The van der Waals surface area contributed by atoms with Gasteiger partial charge in [0, 0.05) is 0 Å². The van der Waals surface area contributed by atoms with Gasteiger partial charge in [-0.25, -0.2) is 0 Å².